The van der Waals surface area contributed by atoms with Gasteiger partial charge in [0.25, 0.3) is 0 Å². The molecule has 4 nitrogen and oxygen atoms in total. The number of β-amino-alcohol motifs (C(OH)–C–C–N with tert-alkyl or cyclic N) is 1. The van der Waals surface area contributed by atoms with Crippen molar-refractivity contribution in [3.63, 3.8) is 0 Å². The van der Waals surface area contributed by atoms with E-state index in [1.165, 1.54) is 23.9 Å². The summed E-state index contributed by atoms with van der Waals surface area (Å²) in [5.41, 5.74) is 0.986. The molecule has 30 heavy (non-hydrogen) atoms. The molecule has 1 fully saturated rings. The van der Waals surface area contributed by atoms with Crippen LogP contribution in [0, 0.1) is 0 Å². The van der Waals surface area contributed by atoms with Gasteiger partial charge in [0.2, 0.25) is 0 Å². The first-order valence-electron chi connectivity index (χ1n) is 10.3. The Balaban J connectivity index is 1.51. The monoisotopic (exact) mass is 437 g/mol. The second-order valence-corrected chi connectivity index (χ2v) is 8.80. The van der Waals surface area contributed by atoms with Crippen LogP contribution in [0.3, 0.4) is 0 Å². The number of benzene rings is 2. The minimum Gasteiger partial charge on any atom is -0.395 e. The Bertz CT molecular complexity index is 875. The molecule has 162 valence electrons. The van der Waals surface area contributed by atoms with Crippen LogP contribution in [0.2, 0.25) is 0 Å². The summed E-state index contributed by atoms with van der Waals surface area (Å²) in [5.74, 6) is 0. The second-order valence-electron chi connectivity index (χ2n) is 7.72. The van der Waals surface area contributed by atoms with E-state index in [2.05, 4.69) is 10.2 Å². The van der Waals surface area contributed by atoms with E-state index in [-0.39, 0.29) is 6.61 Å². The van der Waals surface area contributed by atoms with E-state index in [4.69, 9.17) is 5.11 Å². The quantitative estimate of drug-likeness (QED) is 0.703. The van der Waals surface area contributed by atoms with Gasteiger partial charge in [0.1, 0.15) is 0 Å². The molecule has 2 aliphatic rings. The lowest BCUT2D eigenvalue weighted by molar-refractivity contribution is -0.137. The van der Waals surface area contributed by atoms with Crippen LogP contribution in [0.15, 0.2) is 52.3 Å². The zero-order valence-corrected chi connectivity index (χ0v) is 17.5. The highest BCUT2D eigenvalue weighted by molar-refractivity contribution is 7.99. The number of halogens is 3. The van der Waals surface area contributed by atoms with Gasteiger partial charge in [-0.25, -0.2) is 0 Å². The summed E-state index contributed by atoms with van der Waals surface area (Å²) in [6.45, 7) is 4.22. The van der Waals surface area contributed by atoms with Crippen molar-refractivity contribution >= 4 is 23.1 Å². The lowest BCUT2D eigenvalue weighted by Gasteiger charge is -2.35. The van der Waals surface area contributed by atoms with Gasteiger partial charge >= 0.3 is 6.18 Å². The molecule has 2 aliphatic heterocycles. The maximum Gasteiger partial charge on any atom is 0.416 e. The van der Waals surface area contributed by atoms with E-state index < -0.39 is 11.7 Å². The van der Waals surface area contributed by atoms with Crippen LogP contribution in [-0.4, -0.2) is 55.4 Å². The molecule has 1 atom stereocenters. The highest BCUT2D eigenvalue weighted by Crippen LogP contribution is 2.49. The Hall–Kier alpha value is -1.74. The van der Waals surface area contributed by atoms with Gasteiger partial charge in [0.05, 0.1) is 23.5 Å². The van der Waals surface area contributed by atoms with E-state index in [9.17, 15) is 13.2 Å². The summed E-state index contributed by atoms with van der Waals surface area (Å²) < 4.78 is 40.0. The van der Waals surface area contributed by atoms with E-state index in [1.807, 2.05) is 29.2 Å². The summed E-state index contributed by atoms with van der Waals surface area (Å²) in [6, 6.07) is 12.2. The molecule has 0 spiro atoms. The molecule has 2 aromatic rings. The first kappa shape index (κ1) is 21.5. The highest BCUT2D eigenvalue weighted by atomic mass is 32.2. The van der Waals surface area contributed by atoms with Crippen molar-refractivity contribution in [2.45, 2.75) is 34.9 Å². The van der Waals surface area contributed by atoms with Crippen LogP contribution in [0.1, 0.15) is 18.4 Å². The van der Waals surface area contributed by atoms with Gasteiger partial charge in [0, 0.05) is 48.6 Å². The summed E-state index contributed by atoms with van der Waals surface area (Å²) in [4.78, 5) is 6.20. The molecule has 0 aliphatic carbocycles. The first-order valence-corrected chi connectivity index (χ1v) is 11.1. The molecule has 0 bridgehead atoms. The third-order valence-electron chi connectivity index (χ3n) is 5.64. The standard InChI is InChI=1S/C22H26F3N3OS/c23-22(24,25)16-7-8-21-19(14-16)28(18-5-1-2-6-20(18)30-21)10-3-4-17-15-27(12-13-29)11-9-26-17/h1-2,5-8,14,17,26,29H,3-4,9-13,15H2. The zero-order chi connectivity index (χ0) is 21.1. The van der Waals surface area contributed by atoms with Gasteiger partial charge in [-0.15, -0.1) is 0 Å². The number of aliphatic hydroxyl groups is 1. The summed E-state index contributed by atoms with van der Waals surface area (Å²) in [7, 11) is 0. The third kappa shape index (κ3) is 4.77. The van der Waals surface area contributed by atoms with Crippen molar-refractivity contribution < 1.29 is 18.3 Å². The Morgan fingerprint density at radius 2 is 1.87 bits per heavy atom. The smallest absolute Gasteiger partial charge is 0.395 e. The molecule has 0 aromatic heterocycles. The number of rotatable bonds is 6. The topological polar surface area (TPSA) is 38.7 Å². The maximum atomic E-state index is 13.3. The predicted octanol–water partition coefficient (Wildman–Crippen LogP) is 4.35. The number of piperazine rings is 1. The number of hydrogen-bond acceptors (Lipinski definition) is 5. The van der Waals surface area contributed by atoms with Gasteiger partial charge in [0.15, 0.2) is 0 Å². The zero-order valence-electron chi connectivity index (χ0n) is 16.7. The average molecular weight is 438 g/mol. The summed E-state index contributed by atoms with van der Waals surface area (Å²) in [6.07, 6.45) is -2.56. The molecular weight excluding hydrogens is 411 g/mol. The molecule has 0 amide bonds. The molecule has 2 N–H and O–H groups in total. The number of para-hydroxylation sites is 1. The van der Waals surface area contributed by atoms with Crippen LogP contribution in [0.25, 0.3) is 0 Å². The fourth-order valence-corrected chi connectivity index (χ4v) is 5.25. The molecule has 2 heterocycles. The van der Waals surface area contributed by atoms with Gasteiger partial charge < -0.3 is 15.3 Å². The number of fused-ring (bicyclic) bond motifs is 2. The fourth-order valence-electron chi connectivity index (χ4n) is 4.17. The molecular formula is C22H26F3N3OS. The van der Waals surface area contributed by atoms with Gasteiger partial charge in [-0.3, -0.25) is 4.90 Å². The molecule has 8 heteroatoms. The molecule has 1 unspecified atom stereocenters. The van der Waals surface area contributed by atoms with Crippen LogP contribution < -0.4 is 10.2 Å². The summed E-state index contributed by atoms with van der Waals surface area (Å²) >= 11 is 1.52. The van der Waals surface area contributed by atoms with Crippen molar-refractivity contribution in [2.75, 3.05) is 44.2 Å². The average Bonchev–Trinajstić information content (AvgIpc) is 2.73. The third-order valence-corrected chi connectivity index (χ3v) is 6.77. The van der Waals surface area contributed by atoms with E-state index >= 15 is 0 Å². The molecule has 0 saturated carbocycles. The lowest BCUT2D eigenvalue weighted by atomic mass is 10.1. The predicted molar refractivity (Wildman–Crippen MR) is 114 cm³/mol. The van der Waals surface area contributed by atoms with Crippen molar-refractivity contribution in [1.29, 1.82) is 0 Å². The van der Waals surface area contributed by atoms with Crippen molar-refractivity contribution in [2.24, 2.45) is 0 Å². The Labute approximate surface area is 179 Å². The van der Waals surface area contributed by atoms with Gasteiger partial charge in [-0.05, 0) is 43.2 Å². The van der Waals surface area contributed by atoms with Crippen LogP contribution in [0.4, 0.5) is 24.5 Å². The normalized spacial score (nSPS) is 19.5. The van der Waals surface area contributed by atoms with Gasteiger partial charge in [-0.1, -0.05) is 23.9 Å². The van der Waals surface area contributed by atoms with Crippen LogP contribution in [-0.2, 0) is 6.18 Å². The maximum absolute atomic E-state index is 13.3. The van der Waals surface area contributed by atoms with Crippen LogP contribution >= 0.6 is 11.8 Å². The number of nitrogens with one attached hydrogen (secondary N) is 1. The number of nitrogens with zero attached hydrogens (tertiary/aromatic N) is 2. The number of alkyl halides is 3. The second kappa shape index (κ2) is 9.18. The van der Waals surface area contributed by atoms with E-state index in [1.54, 1.807) is 6.07 Å². The van der Waals surface area contributed by atoms with E-state index in [0.29, 0.717) is 24.8 Å². The first-order chi connectivity index (χ1) is 14.5. The van der Waals surface area contributed by atoms with Crippen molar-refractivity contribution in [3.8, 4) is 0 Å². The Morgan fingerprint density at radius 1 is 1.07 bits per heavy atom. The summed E-state index contributed by atoms with van der Waals surface area (Å²) in [5, 5.41) is 12.7. The van der Waals surface area contributed by atoms with Crippen LogP contribution in [0.5, 0.6) is 0 Å². The minimum atomic E-state index is -4.36. The Morgan fingerprint density at radius 3 is 2.67 bits per heavy atom. The molecule has 1 saturated heterocycles. The number of hydrogen-bond donors (Lipinski definition) is 2. The lowest BCUT2D eigenvalue weighted by Crippen LogP contribution is -2.51. The van der Waals surface area contributed by atoms with Crippen molar-refractivity contribution in [3.05, 3.63) is 48.0 Å². The fraction of sp³-hybridized carbons (Fsp3) is 0.455. The van der Waals surface area contributed by atoms with Crippen molar-refractivity contribution in [1.82, 2.24) is 10.2 Å². The molecule has 0 radical (unpaired) electrons. The Kier molecular flexibility index (Phi) is 6.57. The number of aliphatic hydroxyl groups excluding tert-OH is 1. The van der Waals surface area contributed by atoms with Gasteiger partial charge in [-0.2, -0.15) is 13.2 Å². The number of anilines is 2. The highest BCUT2D eigenvalue weighted by Gasteiger charge is 2.33. The molecule has 2 aromatic carbocycles. The van der Waals surface area contributed by atoms with E-state index in [0.717, 1.165) is 48.0 Å². The minimum absolute atomic E-state index is 0.160. The SMILES string of the molecule is OCCN1CCNC(CCCN2c3ccccc3Sc3ccc(C(F)(F)F)cc32)C1. The largest absolute Gasteiger partial charge is 0.416 e. The molecule has 4 rings (SSSR count).